The quantitative estimate of drug-likeness (QED) is 0.908. The number of rotatable bonds is 4. The maximum atomic E-state index is 14.0. The van der Waals surface area contributed by atoms with E-state index in [4.69, 9.17) is 0 Å². The monoisotopic (exact) mass is 323 g/mol. The second-order valence-corrected chi connectivity index (χ2v) is 7.44. The lowest BCUT2D eigenvalue weighted by atomic mass is 9.74. The summed E-state index contributed by atoms with van der Waals surface area (Å²) in [5.41, 5.74) is 0.222. The molecule has 1 saturated carbocycles. The molecule has 1 aromatic carbocycles. The number of aliphatic hydroxyl groups is 1. The first kappa shape index (κ1) is 16.8. The number of hydrogen-bond acceptors (Lipinski definition) is 2. The SMILES string of the molecule is OC[C@@]1(Cc2ccc(F)cc2F)CCCN(C2CCCCC2)C1. The van der Waals surface area contributed by atoms with Crippen molar-refractivity contribution in [3.63, 3.8) is 0 Å². The van der Waals surface area contributed by atoms with E-state index in [0.29, 0.717) is 18.0 Å². The molecular weight excluding hydrogens is 296 g/mol. The number of benzene rings is 1. The van der Waals surface area contributed by atoms with Gasteiger partial charge in [0.15, 0.2) is 0 Å². The molecule has 1 saturated heterocycles. The molecule has 1 heterocycles. The molecule has 0 radical (unpaired) electrons. The Bertz CT molecular complexity index is 530. The Hall–Kier alpha value is -1.00. The second-order valence-electron chi connectivity index (χ2n) is 7.44. The number of aliphatic hydroxyl groups excluding tert-OH is 1. The van der Waals surface area contributed by atoms with Gasteiger partial charge in [0, 0.05) is 24.1 Å². The predicted molar refractivity (Wildman–Crippen MR) is 87.3 cm³/mol. The summed E-state index contributed by atoms with van der Waals surface area (Å²) < 4.78 is 27.1. The van der Waals surface area contributed by atoms with Crippen LogP contribution in [0.25, 0.3) is 0 Å². The molecule has 2 nitrogen and oxygen atoms in total. The number of likely N-dealkylation sites (tertiary alicyclic amines) is 1. The molecule has 0 spiro atoms. The van der Waals surface area contributed by atoms with Gasteiger partial charge in [0.1, 0.15) is 11.6 Å². The summed E-state index contributed by atoms with van der Waals surface area (Å²) >= 11 is 0. The van der Waals surface area contributed by atoms with Gasteiger partial charge in [-0.05, 0) is 50.3 Å². The zero-order chi connectivity index (χ0) is 16.3. The van der Waals surface area contributed by atoms with Crippen molar-refractivity contribution in [1.82, 2.24) is 4.90 Å². The van der Waals surface area contributed by atoms with E-state index in [2.05, 4.69) is 4.90 Å². The Kier molecular flexibility index (Phi) is 5.32. The lowest BCUT2D eigenvalue weighted by Crippen LogP contribution is -2.51. The summed E-state index contributed by atoms with van der Waals surface area (Å²) in [6.45, 7) is 1.97. The number of nitrogens with zero attached hydrogens (tertiary/aromatic N) is 1. The van der Waals surface area contributed by atoms with Crippen molar-refractivity contribution in [3.05, 3.63) is 35.4 Å². The Labute approximate surface area is 137 Å². The molecule has 0 aromatic heterocycles. The van der Waals surface area contributed by atoms with E-state index in [0.717, 1.165) is 32.0 Å². The molecule has 128 valence electrons. The highest BCUT2D eigenvalue weighted by atomic mass is 19.1. The summed E-state index contributed by atoms with van der Waals surface area (Å²) in [4.78, 5) is 2.51. The molecule has 4 heteroatoms. The molecule has 3 rings (SSSR count). The molecule has 1 N–H and O–H groups in total. The van der Waals surface area contributed by atoms with Crippen molar-refractivity contribution in [3.8, 4) is 0 Å². The Balaban J connectivity index is 1.73. The predicted octanol–water partition coefficient (Wildman–Crippen LogP) is 3.91. The van der Waals surface area contributed by atoms with Gasteiger partial charge in [-0.3, -0.25) is 4.90 Å². The lowest BCUT2D eigenvalue weighted by Gasteiger charge is -2.46. The minimum Gasteiger partial charge on any atom is -0.396 e. The average Bonchev–Trinajstić information content (AvgIpc) is 2.58. The van der Waals surface area contributed by atoms with Gasteiger partial charge in [0.25, 0.3) is 0 Å². The molecule has 0 unspecified atom stereocenters. The smallest absolute Gasteiger partial charge is 0.129 e. The number of piperidine rings is 1. The fraction of sp³-hybridized carbons (Fsp3) is 0.684. The first-order valence-electron chi connectivity index (χ1n) is 8.91. The molecule has 2 aliphatic rings. The highest BCUT2D eigenvalue weighted by Crippen LogP contribution is 2.37. The highest BCUT2D eigenvalue weighted by Gasteiger charge is 2.38. The first-order valence-corrected chi connectivity index (χ1v) is 8.91. The largest absolute Gasteiger partial charge is 0.396 e. The molecule has 0 amide bonds. The third-order valence-electron chi connectivity index (χ3n) is 5.70. The topological polar surface area (TPSA) is 23.5 Å². The van der Waals surface area contributed by atoms with Crippen LogP contribution >= 0.6 is 0 Å². The van der Waals surface area contributed by atoms with E-state index in [1.165, 1.54) is 44.2 Å². The van der Waals surface area contributed by atoms with Crippen molar-refractivity contribution in [1.29, 1.82) is 0 Å². The van der Waals surface area contributed by atoms with Crippen LogP contribution < -0.4 is 0 Å². The van der Waals surface area contributed by atoms with Crippen molar-refractivity contribution >= 4 is 0 Å². The van der Waals surface area contributed by atoms with Crippen molar-refractivity contribution in [2.75, 3.05) is 19.7 Å². The second kappa shape index (κ2) is 7.27. The number of halogens is 2. The minimum absolute atomic E-state index is 0.0625. The van der Waals surface area contributed by atoms with Crippen molar-refractivity contribution in [2.24, 2.45) is 5.41 Å². The van der Waals surface area contributed by atoms with Crippen LogP contribution in [0.5, 0.6) is 0 Å². The molecule has 2 fully saturated rings. The highest BCUT2D eigenvalue weighted by molar-refractivity contribution is 5.20. The van der Waals surface area contributed by atoms with Gasteiger partial charge in [0.2, 0.25) is 0 Å². The maximum absolute atomic E-state index is 14.0. The standard InChI is InChI=1S/C19H27F2NO/c20-16-8-7-15(18(21)11-16)12-19(14-23)9-4-10-22(13-19)17-5-2-1-3-6-17/h7-8,11,17,23H,1-6,9-10,12-14H2/t19-/m1/s1. The minimum atomic E-state index is -0.545. The number of hydrogen-bond donors (Lipinski definition) is 1. The lowest BCUT2D eigenvalue weighted by molar-refractivity contribution is 0.00406. The van der Waals surface area contributed by atoms with Crippen LogP contribution in [0.2, 0.25) is 0 Å². The Morgan fingerprint density at radius 2 is 1.91 bits per heavy atom. The fourth-order valence-electron chi connectivity index (χ4n) is 4.40. The summed E-state index contributed by atoms with van der Waals surface area (Å²) in [6, 6.07) is 4.41. The van der Waals surface area contributed by atoms with Crippen LogP contribution in [0.15, 0.2) is 18.2 Å². The first-order chi connectivity index (χ1) is 11.1. The molecular formula is C19H27F2NO. The van der Waals surface area contributed by atoms with Crippen LogP contribution in [-0.2, 0) is 6.42 Å². The molecule has 1 atom stereocenters. The molecule has 0 bridgehead atoms. The van der Waals surface area contributed by atoms with Crippen molar-refractivity contribution < 1.29 is 13.9 Å². The van der Waals surface area contributed by atoms with E-state index in [9.17, 15) is 13.9 Å². The van der Waals surface area contributed by atoms with Crippen LogP contribution in [0.1, 0.15) is 50.5 Å². The molecule has 1 aromatic rings. The maximum Gasteiger partial charge on any atom is 0.129 e. The Morgan fingerprint density at radius 3 is 2.61 bits per heavy atom. The summed E-state index contributed by atoms with van der Waals surface area (Å²) in [5, 5.41) is 10.0. The van der Waals surface area contributed by atoms with Crippen LogP contribution in [0, 0.1) is 17.0 Å². The van der Waals surface area contributed by atoms with Gasteiger partial charge in [0.05, 0.1) is 6.61 Å². The Morgan fingerprint density at radius 1 is 1.13 bits per heavy atom. The van der Waals surface area contributed by atoms with Gasteiger partial charge < -0.3 is 5.11 Å². The van der Waals surface area contributed by atoms with Gasteiger partial charge in [-0.15, -0.1) is 0 Å². The zero-order valence-corrected chi connectivity index (χ0v) is 13.7. The van der Waals surface area contributed by atoms with Crippen molar-refractivity contribution in [2.45, 2.75) is 57.4 Å². The van der Waals surface area contributed by atoms with E-state index >= 15 is 0 Å². The van der Waals surface area contributed by atoms with E-state index in [1.807, 2.05) is 0 Å². The van der Waals surface area contributed by atoms with Gasteiger partial charge in [-0.25, -0.2) is 8.78 Å². The third-order valence-corrected chi connectivity index (χ3v) is 5.70. The fourth-order valence-corrected chi connectivity index (χ4v) is 4.40. The van der Waals surface area contributed by atoms with E-state index in [1.54, 1.807) is 0 Å². The molecule has 23 heavy (non-hydrogen) atoms. The summed E-state index contributed by atoms with van der Waals surface area (Å²) in [6.07, 6.45) is 8.83. The summed E-state index contributed by atoms with van der Waals surface area (Å²) in [5.74, 6) is -1.04. The van der Waals surface area contributed by atoms with E-state index < -0.39 is 11.6 Å². The van der Waals surface area contributed by atoms with Gasteiger partial charge in [-0.1, -0.05) is 25.3 Å². The normalized spacial score (nSPS) is 27.3. The van der Waals surface area contributed by atoms with Crippen LogP contribution in [0.3, 0.4) is 0 Å². The third kappa shape index (κ3) is 3.92. The van der Waals surface area contributed by atoms with Gasteiger partial charge in [-0.2, -0.15) is 0 Å². The van der Waals surface area contributed by atoms with Crippen LogP contribution in [0.4, 0.5) is 8.78 Å². The zero-order valence-electron chi connectivity index (χ0n) is 13.7. The van der Waals surface area contributed by atoms with E-state index in [-0.39, 0.29) is 12.0 Å². The van der Waals surface area contributed by atoms with Crippen LogP contribution in [-0.4, -0.2) is 35.7 Å². The van der Waals surface area contributed by atoms with Gasteiger partial charge >= 0.3 is 0 Å². The summed E-state index contributed by atoms with van der Waals surface area (Å²) in [7, 11) is 0. The molecule has 1 aliphatic heterocycles. The molecule has 1 aliphatic carbocycles. The average molecular weight is 323 g/mol.